The topological polar surface area (TPSA) is 20.3 Å². The molecule has 2 nitrogen and oxygen atoms in total. The predicted molar refractivity (Wildman–Crippen MR) is 51.3 cm³/mol. The molecule has 0 N–H and O–H groups in total. The zero-order valence-electron chi connectivity index (χ0n) is 8.72. The summed E-state index contributed by atoms with van der Waals surface area (Å²) in [5, 5.41) is 0. The molecule has 15 heavy (non-hydrogen) atoms. The molecule has 0 spiro atoms. The van der Waals surface area contributed by atoms with Crippen LogP contribution in [0.3, 0.4) is 0 Å². The average Bonchev–Trinajstić information content (AvgIpc) is 2.10. The minimum Gasteiger partial charge on any atom is -0.312 e. The number of nitrogens with zero attached hydrogens (tertiary/aromatic N) is 1. The summed E-state index contributed by atoms with van der Waals surface area (Å²) < 4.78 is 36.8. The second-order valence-corrected chi connectivity index (χ2v) is 3.25. The summed E-state index contributed by atoms with van der Waals surface area (Å²) in [7, 11) is 6.00. The lowest BCUT2D eigenvalue weighted by atomic mass is 10.2. The molecule has 5 heteroatoms. The van der Waals surface area contributed by atoms with E-state index in [0.29, 0.717) is 12.1 Å². The minimum absolute atomic E-state index is 0.123. The summed E-state index contributed by atoms with van der Waals surface area (Å²) in [6, 6.07) is 0.844. The van der Waals surface area contributed by atoms with Crippen LogP contribution in [0.2, 0.25) is 0 Å². The smallest absolute Gasteiger partial charge is 0.161 e. The normalized spacial score (nSPS) is 9.53. The number of aldehydes is 1. The summed E-state index contributed by atoms with van der Waals surface area (Å²) in [6.07, 6.45) is 0.123. The van der Waals surface area contributed by atoms with E-state index in [2.05, 4.69) is 0 Å². The fraction of sp³-hybridized carbons (Fsp3) is 0.300. The fourth-order valence-electron chi connectivity index (χ4n) is 0.628. The molecular formula is C10H12F3NO. The van der Waals surface area contributed by atoms with Crippen LogP contribution in [0.4, 0.5) is 13.2 Å². The Labute approximate surface area is 86.3 Å². The molecular weight excluding hydrogens is 207 g/mol. The van der Waals surface area contributed by atoms with E-state index in [9.17, 15) is 18.0 Å². The van der Waals surface area contributed by atoms with Crippen molar-refractivity contribution in [3.63, 3.8) is 0 Å². The van der Waals surface area contributed by atoms with Gasteiger partial charge in [0.05, 0.1) is 5.56 Å². The highest BCUT2D eigenvalue weighted by atomic mass is 19.2. The van der Waals surface area contributed by atoms with Gasteiger partial charge in [0.15, 0.2) is 17.9 Å². The highest BCUT2D eigenvalue weighted by Gasteiger charge is 2.07. The molecule has 0 aliphatic heterocycles. The van der Waals surface area contributed by atoms with Gasteiger partial charge in [-0.2, -0.15) is 0 Å². The van der Waals surface area contributed by atoms with Crippen LogP contribution in [0.25, 0.3) is 0 Å². The first-order valence-electron chi connectivity index (χ1n) is 4.09. The van der Waals surface area contributed by atoms with E-state index in [0.717, 1.165) is 0 Å². The molecule has 0 aliphatic rings. The van der Waals surface area contributed by atoms with Gasteiger partial charge >= 0.3 is 0 Å². The molecule has 84 valence electrons. The monoisotopic (exact) mass is 219 g/mol. The molecule has 0 fully saturated rings. The second kappa shape index (κ2) is 6.19. The highest BCUT2D eigenvalue weighted by molar-refractivity contribution is 5.75. The molecule has 1 rings (SSSR count). The molecule has 1 aromatic carbocycles. The summed E-state index contributed by atoms with van der Waals surface area (Å²) >= 11 is 0. The van der Waals surface area contributed by atoms with Crippen molar-refractivity contribution in [2.75, 3.05) is 21.1 Å². The molecule has 0 saturated heterocycles. The Morgan fingerprint density at radius 1 is 1.00 bits per heavy atom. The van der Waals surface area contributed by atoms with Crippen molar-refractivity contribution < 1.29 is 18.0 Å². The average molecular weight is 219 g/mol. The molecule has 1 aromatic rings. The van der Waals surface area contributed by atoms with E-state index in [1.807, 2.05) is 26.0 Å². The van der Waals surface area contributed by atoms with Gasteiger partial charge in [0.1, 0.15) is 5.82 Å². The van der Waals surface area contributed by atoms with Crippen molar-refractivity contribution in [3.05, 3.63) is 35.1 Å². The Morgan fingerprint density at radius 2 is 1.40 bits per heavy atom. The summed E-state index contributed by atoms with van der Waals surface area (Å²) in [5.74, 6) is -3.58. The Kier molecular flexibility index (Phi) is 5.62. The standard InChI is InChI=1S/C7H3F3O.C3H9N/c8-5-2-7(10)6(9)1-4(5)3-11;1-4(2)3/h1-3H;1-3H3. The van der Waals surface area contributed by atoms with Gasteiger partial charge in [-0.25, -0.2) is 13.2 Å². The molecule has 0 heterocycles. The Bertz CT molecular complexity index is 337. The van der Waals surface area contributed by atoms with Crippen LogP contribution in [-0.4, -0.2) is 32.3 Å². The molecule has 0 atom stereocenters. The number of carbonyl (C=O) groups is 1. The van der Waals surface area contributed by atoms with Crippen LogP contribution in [-0.2, 0) is 0 Å². The largest absolute Gasteiger partial charge is 0.312 e. The zero-order chi connectivity index (χ0) is 12.0. The van der Waals surface area contributed by atoms with Gasteiger partial charge in [0.2, 0.25) is 0 Å². The third-order valence-corrected chi connectivity index (χ3v) is 1.17. The Morgan fingerprint density at radius 3 is 1.80 bits per heavy atom. The molecule has 0 amide bonds. The number of hydrogen-bond acceptors (Lipinski definition) is 2. The SMILES string of the molecule is CN(C)C.O=Cc1cc(F)c(F)cc1F. The fourth-order valence-corrected chi connectivity index (χ4v) is 0.628. The number of hydrogen-bond donors (Lipinski definition) is 0. The lowest BCUT2D eigenvalue weighted by Crippen LogP contribution is -1.99. The maximum Gasteiger partial charge on any atom is 0.161 e. The van der Waals surface area contributed by atoms with E-state index >= 15 is 0 Å². The van der Waals surface area contributed by atoms with E-state index in [4.69, 9.17) is 0 Å². The van der Waals surface area contributed by atoms with Crippen LogP contribution in [0, 0.1) is 17.5 Å². The van der Waals surface area contributed by atoms with Gasteiger partial charge < -0.3 is 4.90 Å². The third-order valence-electron chi connectivity index (χ3n) is 1.17. The van der Waals surface area contributed by atoms with E-state index in [1.165, 1.54) is 0 Å². The predicted octanol–water partition coefficient (Wildman–Crippen LogP) is 2.09. The third kappa shape index (κ3) is 5.17. The lowest BCUT2D eigenvalue weighted by Gasteiger charge is -1.94. The van der Waals surface area contributed by atoms with E-state index < -0.39 is 23.0 Å². The van der Waals surface area contributed by atoms with Crippen molar-refractivity contribution in [2.45, 2.75) is 0 Å². The van der Waals surface area contributed by atoms with Crippen LogP contribution in [0.15, 0.2) is 12.1 Å². The lowest BCUT2D eigenvalue weighted by molar-refractivity contribution is 0.111. The van der Waals surface area contributed by atoms with Crippen LogP contribution in [0.5, 0.6) is 0 Å². The van der Waals surface area contributed by atoms with Gasteiger partial charge in [-0.3, -0.25) is 4.79 Å². The molecule has 0 radical (unpaired) electrons. The molecule has 0 aliphatic carbocycles. The summed E-state index contributed by atoms with van der Waals surface area (Å²) in [4.78, 5) is 12.0. The number of benzene rings is 1. The van der Waals surface area contributed by atoms with Crippen LogP contribution in [0.1, 0.15) is 10.4 Å². The maximum atomic E-state index is 12.4. The van der Waals surface area contributed by atoms with Crippen molar-refractivity contribution in [1.29, 1.82) is 0 Å². The Balaban J connectivity index is 0.000000423. The summed E-state index contributed by atoms with van der Waals surface area (Å²) in [6.45, 7) is 0. The quantitative estimate of drug-likeness (QED) is 0.532. The van der Waals surface area contributed by atoms with Gasteiger partial charge in [0.25, 0.3) is 0 Å². The minimum atomic E-state index is -1.30. The van der Waals surface area contributed by atoms with Gasteiger partial charge in [-0.1, -0.05) is 0 Å². The first-order chi connectivity index (χ1) is 6.88. The van der Waals surface area contributed by atoms with Crippen LogP contribution >= 0.6 is 0 Å². The van der Waals surface area contributed by atoms with E-state index in [1.54, 1.807) is 0 Å². The maximum absolute atomic E-state index is 12.4. The molecule has 0 unspecified atom stereocenters. The number of carbonyl (C=O) groups excluding carboxylic acids is 1. The summed E-state index contributed by atoms with van der Waals surface area (Å²) in [5.41, 5.74) is -0.482. The van der Waals surface area contributed by atoms with Gasteiger partial charge in [-0.15, -0.1) is 0 Å². The molecule has 0 aromatic heterocycles. The van der Waals surface area contributed by atoms with Crippen LogP contribution < -0.4 is 0 Å². The van der Waals surface area contributed by atoms with Crippen molar-refractivity contribution >= 4 is 6.29 Å². The first kappa shape index (κ1) is 13.6. The molecule has 0 saturated carbocycles. The van der Waals surface area contributed by atoms with Crippen molar-refractivity contribution in [3.8, 4) is 0 Å². The zero-order valence-corrected chi connectivity index (χ0v) is 8.72. The number of halogens is 3. The van der Waals surface area contributed by atoms with Gasteiger partial charge in [0, 0.05) is 6.07 Å². The molecule has 0 bridgehead atoms. The van der Waals surface area contributed by atoms with Gasteiger partial charge in [-0.05, 0) is 27.2 Å². The Hall–Kier alpha value is -1.36. The van der Waals surface area contributed by atoms with Crippen molar-refractivity contribution in [2.24, 2.45) is 0 Å². The first-order valence-corrected chi connectivity index (χ1v) is 4.09. The number of rotatable bonds is 1. The second-order valence-electron chi connectivity index (χ2n) is 3.25. The van der Waals surface area contributed by atoms with Crippen molar-refractivity contribution in [1.82, 2.24) is 4.90 Å². The highest BCUT2D eigenvalue weighted by Crippen LogP contribution is 2.11. The van der Waals surface area contributed by atoms with E-state index in [-0.39, 0.29) is 6.29 Å².